The van der Waals surface area contributed by atoms with Crippen LogP contribution < -0.4 is 9.64 Å². The molecule has 0 spiro atoms. The summed E-state index contributed by atoms with van der Waals surface area (Å²) < 4.78 is 6.05. The van der Waals surface area contributed by atoms with Crippen LogP contribution in [-0.2, 0) is 0 Å². The van der Waals surface area contributed by atoms with Gasteiger partial charge in [-0.3, -0.25) is 0 Å². The molecule has 1 unspecified atom stereocenters. The highest BCUT2D eigenvalue weighted by molar-refractivity contribution is 5.78. The van der Waals surface area contributed by atoms with Crippen molar-refractivity contribution in [1.82, 2.24) is 4.90 Å². The maximum absolute atomic E-state index is 9.17. The summed E-state index contributed by atoms with van der Waals surface area (Å²) in [6, 6.07) is 16.5. The van der Waals surface area contributed by atoms with E-state index >= 15 is 0 Å². The van der Waals surface area contributed by atoms with Crippen LogP contribution in [-0.4, -0.2) is 31.1 Å². The molecule has 4 nitrogen and oxygen atoms in total. The number of para-hydroxylation sites is 2. The number of hydrogen-bond donors (Lipinski definition) is 0. The number of hydrogen-bond acceptors (Lipinski definition) is 4. The van der Waals surface area contributed by atoms with Gasteiger partial charge >= 0.3 is 0 Å². The molecule has 0 aliphatic carbocycles. The predicted molar refractivity (Wildman–Crippen MR) is 102 cm³/mol. The second-order valence-corrected chi connectivity index (χ2v) is 6.44. The lowest BCUT2D eigenvalue weighted by molar-refractivity contribution is 0.237. The highest BCUT2D eigenvalue weighted by Crippen LogP contribution is 2.46. The molecule has 4 heteroatoms. The van der Waals surface area contributed by atoms with Crippen LogP contribution >= 0.6 is 0 Å². The topological polar surface area (TPSA) is 39.5 Å². The molecule has 130 valence electrons. The molecule has 3 rings (SSSR count). The number of fused-ring (bicyclic) bond motifs is 2. The van der Waals surface area contributed by atoms with Crippen molar-refractivity contribution in [3.8, 4) is 17.6 Å². The third kappa shape index (κ3) is 3.47. The first kappa shape index (κ1) is 17.3. The molecule has 0 N–H and O–H groups in total. The lowest BCUT2D eigenvalue weighted by atomic mass is 10.1. The van der Waals surface area contributed by atoms with Crippen molar-refractivity contribution >= 4 is 11.4 Å². The van der Waals surface area contributed by atoms with Crippen LogP contribution in [0.2, 0.25) is 0 Å². The molecule has 0 saturated carbocycles. The van der Waals surface area contributed by atoms with Gasteiger partial charge < -0.3 is 14.5 Å². The molecule has 1 heterocycles. The van der Waals surface area contributed by atoms with Crippen LogP contribution in [0.25, 0.3) is 0 Å². The molecule has 1 aliphatic heterocycles. The van der Waals surface area contributed by atoms with E-state index in [0.717, 1.165) is 48.8 Å². The van der Waals surface area contributed by atoms with Gasteiger partial charge in [-0.2, -0.15) is 5.26 Å². The Morgan fingerprint density at radius 2 is 1.88 bits per heavy atom. The van der Waals surface area contributed by atoms with E-state index in [9.17, 15) is 5.26 Å². The van der Waals surface area contributed by atoms with Gasteiger partial charge in [0.25, 0.3) is 0 Å². The van der Waals surface area contributed by atoms with Gasteiger partial charge in [0.05, 0.1) is 23.0 Å². The smallest absolute Gasteiger partial charge is 0.152 e. The number of ether oxygens (including phenoxy) is 1. The third-order valence-electron chi connectivity index (χ3n) is 5.03. The van der Waals surface area contributed by atoms with Gasteiger partial charge in [-0.25, -0.2) is 0 Å². The van der Waals surface area contributed by atoms with Crippen LogP contribution in [0.1, 0.15) is 32.3 Å². The fraction of sp³-hybridized carbons (Fsp3) is 0.381. The summed E-state index contributed by atoms with van der Waals surface area (Å²) >= 11 is 0. The van der Waals surface area contributed by atoms with E-state index in [1.807, 2.05) is 36.4 Å². The second kappa shape index (κ2) is 7.58. The Morgan fingerprint density at radius 3 is 2.60 bits per heavy atom. The maximum atomic E-state index is 9.17. The highest BCUT2D eigenvalue weighted by atomic mass is 16.5. The number of rotatable bonds is 6. The van der Waals surface area contributed by atoms with E-state index in [0.29, 0.717) is 11.6 Å². The standard InChI is InChI=1S/C21H25N3O/c1-4-17(23(3)5-2)12-13-24-18-8-6-7-9-20(18)25-21-14-16(15-22)10-11-19(21)24/h6-11,14,17H,4-5,12-13H2,1-3H3. The molecule has 0 aromatic heterocycles. The molecule has 0 bridgehead atoms. The highest BCUT2D eigenvalue weighted by Gasteiger charge is 2.25. The van der Waals surface area contributed by atoms with Crippen LogP contribution in [0.15, 0.2) is 42.5 Å². The second-order valence-electron chi connectivity index (χ2n) is 6.44. The van der Waals surface area contributed by atoms with Crippen molar-refractivity contribution in [3.05, 3.63) is 48.0 Å². The SMILES string of the molecule is CCC(CCN1c2ccccc2Oc2cc(C#N)ccc21)N(C)CC. The van der Waals surface area contributed by atoms with Gasteiger partial charge in [0.1, 0.15) is 0 Å². The minimum Gasteiger partial charge on any atom is -0.453 e. The maximum Gasteiger partial charge on any atom is 0.152 e. The van der Waals surface area contributed by atoms with Crippen molar-refractivity contribution in [2.24, 2.45) is 0 Å². The van der Waals surface area contributed by atoms with Crippen LogP contribution in [0.3, 0.4) is 0 Å². The Morgan fingerprint density at radius 1 is 1.12 bits per heavy atom. The molecule has 0 amide bonds. The summed E-state index contributed by atoms with van der Waals surface area (Å²) in [6.45, 7) is 6.42. The molecule has 0 radical (unpaired) electrons. The summed E-state index contributed by atoms with van der Waals surface area (Å²) in [5.74, 6) is 1.61. The summed E-state index contributed by atoms with van der Waals surface area (Å²) in [4.78, 5) is 4.73. The van der Waals surface area contributed by atoms with Gasteiger partial charge in [0.15, 0.2) is 11.5 Å². The Labute approximate surface area is 150 Å². The first-order chi connectivity index (χ1) is 12.2. The Hall–Kier alpha value is -2.51. The Bertz CT molecular complexity index is 781. The molecule has 1 atom stereocenters. The lowest BCUT2D eigenvalue weighted by Gasteiger charge is -2.35. The average Bonchev–Trinajstić information content (AvgIpc) is 2.66. The zero-order valence-electron chi connectivity index (χ0n) is 15.2. The zero-order valence-corrected chi connectivity index (χ0v) is 15.2. The van der Waals surface area contributed by atoms with Crippen molar-refractivity contribution in [3.63, 3.8) is 0 Å². The molecule has 0 saturated heterocycles. The number of anilines is 2. The zero-order chi connectivity index (χ0) is 17.8. The Balaban J connectivity index is 1.92. The number of nitriles is 1. The Kier molecular flexibility index (Phi) is 5.25. The molecule has 2 aromatic rings. The lowest BCUT2D eigenvalue weighted by Crippen LogP contribution is -2.34. The minimum atomic E-state index is 0.557. The van der Waals surface area contributed by atoms with Gasteiger partial charge in [-0.1, -0.05) is 26.0 Å². The number of nitrogens with zero attached hydrogens (tertiary/aromatic N) is 3. The molecular weight excluding hydrogens is 310 g/mol. The summed E-state index contributed by atoms with van der Waals surface area (Å²) in [5, 5.41) is 9.17. The van der Waals surface area contributed by atoms with Crippen LogP contribution in [0, 0.1) is 11.3 Å². The minimum absolute atomic E-state index is 0.557. The summed E-state index contributed by atoms with van der Waals surface area (Å²) in [5.41, 5.74) is 2.75. The fourth-order valence-electron chi connectivity index (χ4n) is 3.42. The predicted octanol–water partition coefficient (Wildman–Crippen LogP) is 4.92. The van der Waals surface area contributed by atoms with Gasteiger partial charge in [0, 0.05) is 18.7 Å². The van der Waals surface area contributed by atoms with E-state index in [1.165, 1.54) is 0 Å². The monoisotopic (exact) mass is 335 g/mol. The number of benzene rings is 2. The average molecular weight is 335 g/mol. The van der Waals surface area contributed by atoms with Gasteiger partial charge in [-0.05, 0) is 50.7 Å². The fourth-order valence-corrected chi connectivity index (χ4v) is 3.42. The van der Waals surface area contributed by atoms with E-state index in [4.69, 9.17) is 4.74 Å². The van der Waals surface area contributed by atoms with Crippen molar-refractivity contribution < 1.29 is 4.74 Å². The van der Waals surface area contributed by atoms with E-state index in [-0.39, 0.29) is 0 Å². The van der Waals surface area contributed by atoms with E-state index < -0.39 is 0 Å². The van der Waals surface area contributed by atoms with Crippen LogP contribution in [0.5, 0.6) is 11.5 Å². The summed E-state index contributed by atoms with van der Waals surface area (Å²) in [6.07, 6.45) is 2.21. The first-order valence-electron chi connectivity index (χ1n) is 8.96. The van der Waals surface area contributed by atoms with Crippen molar-refractivity contribution in [2.45, 2.75) is 32.7 Å². The van der Waals surface area contributed by atoms with Crippen molar-refractivity contribution in [2.75, 3.05) is 25.0 Å². The summed E-state index contributed by atoms with van der Waals surface area (Å²) in [7, 11) is 2.19. The molecular formula is C21H25N3O. The van der Waals surface area contributed by atoms with Gasteiger partial charge in [-0.15, -0.1) is 0 Å². The molecule has 2 aromatic carbocycles. The third-order valence-corrected chi connectivity index (χ3v) is 5.03. The normalized spacial score (nSPS) is 13.6. The van der Waals surface area contributed by atoms with Crippen LogP contribution in [0.4, 0.5) is 11.4 Å². The molecule has 1 aliphatic rings. The van der Waals surface area contributed by atoms with Gasteiger partial charge in [0.2, 0.25) is 0 Å². The van der Waals surface area contributed by atoms with E-state index in [1.54, 1.807) is 0 Å². The van der Waals surface area contributed by atoms with E-state index in [2.05, 4.69) is 42.8 Å². The molecule has 0 fully saturated rings. The quantitative estimate of drug-likeness (QED) is 0.751. The van der Waals surface area contributed by atoms with Crippen molar-refractivity contribution in [1.29, 1.82) is 5.26 Å². The molecule has 25 heavy (non-hydrogen) atoms. The largest absolute Gasteiger partial charge is 0.453 e. The first-order valence-corrected chi connectivity index (χ1v) is 8.96.